The smallest absolute Gasteiger partial charge is 0.338 e. The van der Waals surface area contributed by atoms with Crippen molar-refractivity contribution in [3.63, 3.8) is 0 Å². The summed E-state index contributed by atoms with van der Waals surface area (Å²) in [6, 6.07) is 1.16. The molecule has 2 heterocycles. The molecule has 1 aromatic rings. The minimum atomic E-state index is -4.19. The van der Waals surface area contributed by atoms with E-state index in [1.165, 1.54) is 4.90 Å². The van der Waals surface area contributed by atoms with Gasteiger partial charge in [-0.15, -0.1) is 0 Å². The second kappa shape index (κ2) is 6.66. The zero-order valence-electron chi connectivity index (χ0n) is 12.5. The van der Waals surface area contributed by atoms with Gasteiger partial charge in [0.25, 0.3) is 0 Å². The molecule has 0 spiro atoms. The lowest BCUT2D eigenvalue weighted by atomic mass is 10.2. The first-order valence-electron chi connectivity index (χ1n) is 7.02. The van der Waals surface area contributed by atoms with Crippen LogP contribution in [0.15, 0.2) is 10.6 Å². The van der Waals surface area contributed by atoms with Crippen LogP contribution in [0.25, 0.3) is 0 Å². The highest BCUT2D eigenvalue weighted by molar-refractivity contribution is 5.93. The van der Waals surface area contributed by atoms with Gasteiger partial charge in [0.15, 0.2) is 0 Å². The van der Waals surface area contributed by atoms with E-state index in [0.717, 1.165) is 0 Å². The summed E-state index contributed by atoms with van der Waals surface area (Å²) in [6.45, 7) is 3.97. The second-order valence-electron chi connectivity index (χ2n) is 5.43. The molecule has 6 nitrogen and oxygen atoms in total. The maximum Gasteiger partial charge on any atom is 0.401 e. The molecule has 1 aliphatic heterocycles. The number of hydrogen-bond acceptors (Lipinski definition) is 5. The fraction of sp³-hybridized carbons (Fsp3) is 0.692. The quantitative estimate of drug-likeness (QED) is 0.911. The lowest BCUT2D eigenvalue weighted by Gasteiger charge is -2.37. The normalized spacial score (nSPS) is 19.1. The van der Waals surface area contributed by atoms with Crippen LogP contribution in [0, 0.1) is 6.92 Å². The fourth-order valence-electron chi connectivity index (χ4n) is 2.38. The summed E-state index contributed by atoms with van der Waals surface area (Å²) in [5.41, 5.74) is 0.656. The molecule has 1 saturated heterocycles. The average Bonchev–Trinajstić information content (AvgIpc) is 2.82. The van der Waals surface area contributed by atoms with Crippen molar-refractivity contribution in [3.05, 3.63) is 11.8 Å². The Hall–Kier alpha value is -1.61. The minimum Gasteiger partial charge on any atom is -0.338 e. The standard InChI is InChI=1S/C13H19F3N4O2/c1-9-7-11(22-18-9)17-12(21)10(2)20-5-3-19(4-6-20)8-13(14,15)16/h7,10H,3-6,8H2,1-2H3,(H,17,21). The van der Waals surface area contributed by atoms with Gasteiger partial charge >= 0.3 is 6.18 Å². The predicted molar refractivity (Wildman–Crippen MR) is 73.4 cm³/mol. The molecule has 1 amide bonds. The number of aryl methyl sites for hydroxylation is 1. The Kier molecular flexibility index (Phi) is 5.07. The Morgan fingerprint density at radius 1 is 1.41 bits per heavy atom. The van der Waals surface area contributed by atoms with Crippen molar-refractivity contribution in [2.75, 3.05) is 38.0 Å². The Balaban J connectivity index is 1.81. The van der Waals surface area contributed by atoms with E-state index in [1.54, 1.807) is 19.9 Å². The number of aromatic nitrogens is 1. The third kappa shape index (κ3) is 4.70. The maximum absolute atomic E-state index is 12.3. The van der Waals surface area contributed by atoms with Crippen molar-refractivity contribution in [2.24, 2.45) is 0 Å². The Morgan fingerprint density at radius 2 is 2.05 bits per heavy atom. The van der Waals surface area contributed by atoms with Gasteiger partial charge in [0.2, 0.25) is 11.8 Å². The molecule has 9 heteroatoms. The monoisotopic (exact) mass is 320 g/mol. The van der Waals surface area contributed by atoms with Gasteiger partial charge in [-0.05, 0) is 13.8 Å². The summed E-state index contributed by atoms with van der Waals surface area (Å²) in [4.78, 5) is 15.3. The van der Waals surface area contributed by atoms with Crippen LogP contribution in [0.2, 0.25) is 0 Å². The van der Waals surface area contributed by atoms with E-state index in [0.29, 0.717) is 31.9 Å². The van der Waals surface area contributed by atoms with Crippen molar-refractivity contribution >= 4 is 11.8 Å². The summed E-state index contributed by atoms with van der Waals surface area (Å²) >= 11 is 0. The number of hydrogen-bond donors (Lipinski definition) is 1. The molecule has 0 bridgehead atoms. The third-order valence-corrected chi connectivity index (χ3v) is 3.61. The van der Waals surface area contributed by atoms with Gasteiger partial charge < -0.3 is 4.52 Å². The van der Waals surface area contributed by atoms with Gasteiger partial charge in [-0.1, -0.05) is 5.16 Å². The summed E-state index contributed by atoms with van der Waals surface area (Å²) in [6.07, 6.45) is -4.19. The summed E-state index contributed by atoms with van der Waals surface area (Å²) in [5, 5.41) is 6.27. The highest BCUT2D eigenvalue weighted by atomic mass is 19.4. The topological polar surface area (TPSA) is 61.6 Å². The first-order valence-corrected chi connectivity index (χ1v) is 7.02. The molecule has 124 valence electrons. The van der Waals surface area contributed by atoms with Gasteiger partial charge in [-0.2, -0.15) is 13.2 Å². The number of carbonyl (C=O) groups excluding carboxylic acids is 1. The molecule has 2 rings (SSSR count). The van der Waals surface area contributed by atoms with E-state index < -0.39 is 18.8 Å². The van der Waals surface area contributed by atoms with Crippen LogP contribution in [0.3, 0.4) is 0 Å². The van der Waals surface area contributed by atoms with Crippen LogP contribution in [-0.4, -0.2) is 65.8 Å². The molecule has 1 unspecified atom stereocenters. The molecule has 1 aromatic heterocycles. The van der Waals surface area contributed by atoms with Crippen LogP contribution >= 0.6 is 0 Å². The summed E-state index contributed by atoms with van der Waals surface area (Å²) in [5.74, 6) is 0.00507. The molecule has 1 fully saturated rings. The zero-order chi connectivity index (χ0) is 16.3. The van der Waals surface area contributed by atoms with E-state index in [9.17, 15) is 18.0 Å². The molecule has 1 atom stereocenters. The van der Waals surface area contributed by atoms with Crippen LogP contribution < -0.4 is 5.32 Å². The molecule has 22 heavy (non-hydrogen) atoms. The number of rotatable bonds is 4. The van der Waals surface area contributed by atoms with E-state index >= 15 is 0 Å². The van der Waals surface area contributed by atoms with Gasteiger partial charge in [0, 0.05) is 32.2 Å². The summed E-state index contributed by atoms with van der Waals surface area (Å²) in [7, 11) is 0. The Bertz CT molecular complexity index is 510. The van der Waals surface area contributed by atoms with Crippen molar-refractivity contribution in [1.82, 2.24) is 15.0 Å². The van der Waals surface area contributed by atoms with Crippen molar-refractivity contribution in [1.29, 1.82) is 0 Å². The number of amides is 1. The molecular weight excluding hydrogens is 301 g/mol. The Labute approximate surface area is 126 Å². The predicted octanol–water partition coefficient (Wildman–Crippen LogP) is 1.49. The largest absolute Gasteiger partial charge is 0.401 e. The SMILES string of the molecule is Cc1cc(NC(=O)C(C)N2CCN(CC(F)(F)F)CC2)on1. The maximum atomic E-state index is 12.3. The lowest BCUT2D eigenvalue weighted by Crippen LogP contribution is -2.54. The molecule has 0 aliphatic carbocycles. The molecule has 0 saturated carbocycles. The van der Waals surface area contributed by atoms with Crippen molar-refractivity contribution < 1.29 is 22.5 Å². The van der Waals surface area contributed by atoms with Crippen LogP contribution in [0.4, 0.5) is 19.1 Å². The van der Waals surface area contributed by atoms with E-state index in [2.05, 4.69) is 10.5 Å². The number of piperazine rings is 1. The highest BCUT2D eigenvalue weighted by Crippen LogP contribution is 2.18. The average molecular weight is 320 g/mol. The molecule has 1 aliphatic rings. The van der Waals surface area contributed by atoms with E-state index in [1.807, 2.05) is 4.90 Å². The number of nitrogens with zero attached hydrogens (tertiary/aromatic N) is 3. The zero-order valence-corrected chi connectivity index (χ0v) is 12.5. The molecule has 0 radical (unpaired) electrons. The summed E-state index contributed by atoms with van der Waals surface area (Å²) < 4.78 is 41.9. The number of halogens is 3. The number of carbonyl (C=O) groups is 1. The minimum absolute atomic E-state index is 0.263. The fourth-order valence-corrected chi connectivity index (χ4v) is 2.38. The first-order chi connectivity index (χ1) is 10.2. The number of anilines is 1. The highest BCUT2D eigenvalue weighted by Gasteiger charge is 2.33. The van der Waals surface area contributed by atoms with Gasteiger partial charge in [-0.3, -0.25) is 19.9 Å². The lowest BCUT2D eigenvalue weighted by molar-refractivity contribution is -0.150. The van der Waals surface area contributed by atoms with Crippen LogP contribution in [0.5, 0.6) is 0 Å². The number of alkyl halides is 3. The van der Waals surface area contributed by atoms with Crippen molar-refractivity contribution in [2.45, 2.75) is 26.1 Å². The van der Waals surface area contributed by atoms with Crippen LogP contribution in [-0.2, 0) is 4.79 Å². The van der Waals surface area contributed by atoms with Gasteiger partial charge in [-0.25, -0.2) is 0 Å². The van der Waals surface area contributed by atoms with Gasteiger partial charge in [0.05, 0.1) is 18.3 Å². The first kappa shape index (κ1) is 16.8. The van der Waals surface area contributed by atoms with E-state index in [4.69, 9.17) is 4.52 Å². The number of nitrogens with one attached hydrogen (secondary N) is 1. The Morgan fingerprint density at radius 3 is 2.55 bits per heavy atom. The van der Waals surface area contributed by atoms with E-state index in [-0.39, 0.29) is 11.8 Å². The molecule has 0 aromatic carbocycles. The third-order valence-electron chi connectivity index (χ3n) is 3.61. The molecule has 1 N–H and O–H groups in total. The molecular formula is C13H19F3N4O2. The second-order valence-corrected chi connectivity index (χ2v) is 5.43. The van der Waals surface area contributed by atoms with Crippen LogP contribution in [0.1, 0.15) is 12.6 Å². The van der Waals surface area contributed by atoms with Crippen molar-refractivity contribution in [3.8, 4) is 0 Å². The van der Waals surface area contributed by atoms with Gasteiger partial charge in [0.1, 0.15) is 0 Å².